The maximum absolute atomic E-state index is 11.0. The fourth-order valence-corrected chi connectivity index (χ4v) is 0.628. The largest absolute Gasteiger partial charge is 0.464 e. The molecule has 0 heterocycles. The highest BCUT2D eigenvalue weighted by atomic mass is 16.5. The van der Waals surface area contributed by atoms with Crippen LogP contribution in [0.1, 0.15) is 6.92 Å². The van der Waals surface area contributed by atoms with Crippen molar-refractivity contribution in [2.24, 2.45) is 5.73 Å². The Morgan fingerprint density at radius 3 is 2.69 bits per heavy atom. The van der Waals surface area contributed by atoms with Crippen molar-refractivity contribution in [3.8, 4) is 0 Å². The van der Waals surface area contributed by atoms with Crippen molar-refractivity contribution in [1.29, 1.82) is 0 Å². The van der Waals surface area contributed by atoms with Gasteiger partial charge in [-0.3, -0.25) is 4.79 Å². The number of amides is 1. The Balaban J connectivity index is 3.87. The highest BCUT2D eigenvalue weighted by Crippen LogP contribution is 1.85. The van der Waals surface area contributed by atoms with E-state index in [9.17, 15) is 9.59 Å². The summed E-state index contributed by atoms with van der Waals surface area (Å²) in [5.41, 5.74) is 5.22. The summed E-state index contributed by atoms with van der Waals surface area (Å²) < 4.78 is 4.52. The molecule has 0 rings (SSSR count). The van der Waals surface area contributed by atoms with Gasteiger partial charge in [-0.1, -0.05) is 0 Å². The summed E-state index contributed by atoms with van der Waals surface area (Å²) in [6.45, 7) is 1.68. The zero-order valence-electron chi connectivity index (χ0n) is 7.45. The lowest BCUT2D eigenvalue weighted by molar-refractivity contribution is -0.148. The maximum atomic E-state index is 11.0. The number of hydrogen-bond donors (Lipinski definition) is 3. The molecule has 0 saturated carbocycles. The van der Waals surface area contributed by atoms with Gasteiger partial charge < -0.3 is 20.9 Å². The van der Waals surface area contributed by atoms with Crippen molar-refractivity contribution in [1.82, 2.24) is 5.32 Å². The Kier molecular flexibility index (Phi) is 5.82. The van der Waals surface area contributed by atoms with E-state index in [2.05, 4.69) is 10.1 Å². The molecule has 1 amide bonds. The lowest BCUT2D eigenvalue weighted by atomic mass is 10.3. The minimum atomic E-state index is -1.31. The number of carbonyl (C=O) groups excluding carboxylic acids is 2. The van der Waals surface area contributed by atoms with Gasteiger partial charge in [-0.25, -0.2) is 4.79 Å². The van der Waals surface area contributed by atoms with Crippen LogP contribution in [0.5, 0.6) is 0 Å². The third kappa shape index (κ3) is 4.44. The third-order valence-corrected chi connectivity index (χ3v) is 1.23. The normalized spacial score (nSPS) is 11.9. The molecule has 0 bridgehead atoms. The first kappa shape index (κ1) is 11.9. The molecule has 0 aliphatic carbocycles. The number of aliphatic hydroxyl groups excluding tert-OH is 1. The van der Waals surface area contributed by atoms with Gasteiger partial charge in [0.2, 0.25) is 5.91 Å². The molecule has 0 aliphatic rings. The van der Waals surface area contributed by atoms with Crippen molar-refractivity contribution < 1.29 is 19.4 Å². The predicted molar refractivity (Wildman–Crippen MR) is 44.7 cm³/mol. The monoisotopic (exact) mass is 190 g/mol. The number of carbonyl (C=O) groups is 2. The van der Waals surface area contributed by atoms with Gasteiger partial charge in [0.05, 0.1) is 13.2 Å². The van der Waals surface area contributed by atoms with Gasteiger partial charge in [0.1, 0.15) is 0 Å². The van der Waals surface area contributed by atoms with Crippen LogP contribution in [0.15, 0.2) is 0 Å². The van der Waals surface area contributed by atoms with Gasteiger partial charge in [0, 0.05) is 6.54 Å². The van der Waals surface area contributed by atoms with Crippen LogP contribution in [0.3, 0.4) is 0 Å². The molecule has 1 atom stereocenters. The van der Waals surface area contributed by atoms with Crippen molar-refractivity contribution in [2.45, 2.75) is 13.0 Å². The molecule has 0 aromatic heterocycles. The smallest absolute Gasteiger partial charge is 0.332 e. The first-order chi connectivity index (χ1) is 6.13. The molecule has 0 radical (unpaired) electrons. The van der Waals surface area contributed by atoms with Crippen LogP contribution in [0.4, 0.5) is 0 Å². The Morgan fingerprint density at radius 2 is 2.23 bits per heavy atom. The predicted octanol–water partition coefficient (Wildman–Crippen LogP) is -2.01. The molecule has 0 aromatic rings. The lowest BCUT2D eigenvalue weighted by Crippen LogP contribution is -2.47. The van der Waals surface area contributed by atoms with Gasteiger partial charge >= 0.3 is 5.97 Å². The van der Waals surface area contributed by atoms with E-state index in [1.807, 2.05) is 0 Å². The fraction of sp³-hybridized carbons (Fsp3) is 0.714. The Bertz CT molecular complexity index is 183. The average molecular weight is 190 g/mol. The minimum Gasteiger partial charge on any atom is -0.464 e. The first-order valence-electron chi connectivity index (χ1n) is 3.94. The summed E-state index contributed by atoms with van der Waals surface area (Å²) in [5, 5.41) is 10.6. The summed E-state index contributed by atoms with van der Waals surface area (Å²) in [7, 11) is 0. The SMILES string of the molecule is CCOC(=O)C(N)C(=O)NCCO. The van der Waals surface area contributed by atoms with Crippen LogP contribution in [0.2, 0.25) is 0 Å². The van der Waals surface area contributed by atoms with E-state index in [1.165, 1.54) is 0 Å². The van der Waals surface area contributed by atoms with E-state index in [-0.39, 0.29) is 19.8 Å². The van der Waals surface area contributed by atoms with Crippen LogP contribution in [-0.2, 0) is 14.3 Å². The molecule has 0 saturated heterocycles. The average Bonchev–Trinajstić information content (AvgIpc) is 2.13. The number of nitrogens with one attached hydrogen (secondary N) is 1. The lowest BCUT2D eigenvalue weighted by Gasteiger charge is -2.09. The minimum absolute atomic E-state index is 0.0753. The van der Waals surface area contributed by atoms with Crippen LogP contribution in [0.25, 0.3) is 0 Å². The summed E-state index contributed by atoms with van der Waals surface area (Å²) >= 11 is 0. The molecule has 0 spiro atoms. The van der Waals surface area contributed by atoms with E-state index in [0.29, 0.717) is 0 Å². The molecular formula is C7H14N2O4. The van der Waals surface area contributed by atoms with E-state index in [4.69, 9.17) is 10.8 Å². The summed E-state index contributed by atoms with van der Waals surface area (Å²) in [5.74, 6) is -1.41. The van der Waals surface area contributed by atoms with E-state index < -0.39 is 17.9 Å². The molecule has 1 unspecified atom stereocenters. The zero-order valence-corrected chi connectivity index (χ0v) is 7.45. The topological polar surface area (TPSA) is 102 Å². The summed E-state index contributed by atoms with van der Waals surface area (Å²) in [4.78, 5) is 21.8. The molecule has 76 valence electrons. The second-order valence-electron chi connectivity index (χ2n) is 2.24. The van der Waals surface area contributed by atoms with Gasteiger partial charge in [-0.15, -0.1) is 0 Å². The number of esters is 1. The van der Waals surface area contributed by atoms with Gasteiger partial charge in [0.15, 0.2) is 6.04 Å². The number of ether oxygens (including phenoxy) is 1. The van der Waals surface area contributed by atoms with Crippen molar-refractivity contribution in [3.05, 3.63) is 0 Å². The molecule has 6 nitrogen and oxygen atoms in total. The number of nitrogens with two attached hydrogens (primary N) is 1. The van der Waals surface area contributed by atoms with Gasteiger partial charge in [-0.05, 0) is 6.92 Å². The summed E-state index contributed by atoms with van der Waals surface area (Å²) in [6.07, 6.45) is 0. The quantitative estimate of drug-likeness (QED) is 0.343. The molecule has 0 fully saturated rings. The third-order valence-electron chi connectivity index (χ3n) is 1.23. The van der Waals surface area contributed by atoms with Crippen LogP contribution in [0, 0.1) is 0 Å². The molecule has 13 heavy (non-hydrogen) atoms. The molecule has 6 heteroatoms. The molecule has 4 N–H and O–H groups in total. The number of hydrogen-bond acceptors (Lipinski definition) is 5. The molecule has 0 aromatic carbocycles. The Morgan fingerprint density at radius 1 is 1.62 bits per heavy atom. The molecular weight excluding hydrogens is 176 g/mol. The van der Waals surface area contributed by atoms with Crippen molar-refractivity contribution in [3.63, 3.8) is 0 Å². The van der Waals surface area contributed by atoms with Gasteiger partial charge in [0.25, 0.3) is 0 Å². The summed E-state index contributed by atoms with van der Waals surface area (Å²) in [6, 6.07) is -1.31. The van der Waals surface area contributed by atoms with E-state index >= 15 is 0 Å². The second kappa shape index (κ2) is 6.38. The highest BCUT2D eigenvalue weighted by molar-refractivity contribution is 6.01. The van der Waals surface area contributed by atoms with Crippen LogP contribution in [-0.4, -0.2) is 42.8 Å². The van der Waals surface area contributed by atoms with Crippen molar-refractivity contribution in [2.75, 3.05) is 19.8 Å². The number of rotatable bonds is 5. The van der Waals surface area contributed by atoms with Gasteiger partial charge in [-0.2, -0.15) is 0 Å². The highest BCUT2D eigenvalue weighted by Gasteiger charge is 2.22. The standard InChI is InChI=1S/C7H14N2O4/c1-2-13-7(12)5(8)6(11)9-3-4-10/h5,10H,2-4,8H2,1H3,(H,9,11). The zero-order chi connectivity index (χ0) is 10.3. The Labute approximate surface area is 76.0 Å². The van der Waals surface area contributed by atoms with E-state index in [0.717, 1.165) is 0 Å². The van der Waals surface area contributed by atoms with E-state index in [1.54, 1.807) is 6.92 Å². The van der Waals surface area contributed by atoms with Crippen LogP contribution < -0.4 is 11.1 Å². The maximum Gasteiger partial charge on any atom is 0.332 e. The second-order valence-corrected chi connectivity index (χ2v) is 2.24. The fourth-order valence-electron chi connectivity index (χ4n) is 0.628. The Hall–Kier alpha value is -1.14. The van der Waals surface area contributed by atoms with Crippen LogP contribution >= 0.6 is 0 Å². The first-order valence-corrected chi connectivity index (χ1v) is 3.94. The number of aliphatic hydroxyl groups is 1. The molecule has 0 aliphatic heterocycles. The van der Waals surface area contributed by atoms with Crippen molar-refractivity contribution >= 4 is 11.9 Å².